The van der Waals surface area contributed by atoms with Crippen LogP contribution in [0.25, 0.3) is 5.57 Å². The van der Waals surface area contributed by atoms with Crippen molar-refractivity contribution in [3.8, 4) is 11.5 Å². The molecule has 0 spiro atoms. The monoisotopic (exact) mass is 444 g/mol. The van der Waals surface area contributed by atoms with Crippen molar-refractivity contribution >= 4 is 27.2 Å². The summed E-state index contributed by atoms with van der Waals surface area (Å²) >= 11 is 0. The number of amides is 1. The van der Waals surface area contributed by atoms with Gasteiger partial charge in [0.2, 0.25) is 0 Å². The van der Waals surface area contributed by atoms with E-state index in [9.17, 15) is 13.2 Å². The minimum absolute atomic E-state index is 0.271. The van der Waals surface area contributed by atoms with E-state index in [-0.39, 0.29) is 10.9 Å². The molecule has 166 valence electrons. The van der Waals surface area contributed by atoms with E-state index in [4.69, 9.17) is 9.47 Å². The van der Waals surface area contributed by atoms with Gasteiger partial charge in [-0.2, -0.15) is 0 Å². The highest BCUT2D eigenvalue weighted by molar-refractivity contribution is 7.97. The number of sulfonamides is 1. The number of allylic oxidation sites excluding steroid dienone is 1. The van der Waals surface area contributed by atoms with Crippen LogP contribution in [0.4, 0.5) is 5.69 Å². The second-order valence-corrected chi connectivity index (χ2v) is 9.61. The molecule has 0 bridgehead atoms. The molecule has 2 aromatic rings. The fourth-order valence-electron chi connectivity index (χ4n) is 3.87. The highest BCUT2D eigenvalue weighted by atomic mass is 32.2. The Morgan fingerprint density at radius 2 is 1.65 bits per heavy atom. The molecule has 2 aromatic carbocycles. The molecular formula is C23H28N2O5S. The summed E-state index contributed by atoms with van der Waals surface area (Å²) in [5.74, 6) is 0.225. The first-order chi connectivity index (χ1) is 14.5. The van der Waals surface area contributed by atoms with Crippen molar-refractivity contribution < 1.29 is 22.7 Å². The zero-order valence-corrected chi connectivity index (χ0v) is 19.7. The number of nitrogens with one attached hydrogen (secondary N) is 1. The van der Waals surface area contributed by atoms with E-state index in [0.29, 0.717) is 28.3 Å². The first-order valence-corrected chi connectivity index (χ1v) is 11.3. The molecule has 1 heterocycles. The Balaban J connectivity index is 2.09. The van der Waals surface area contributed by atoms with Gasteiger partial charge < -0.3 is 14.8 Å². The van der Waals surface area contributed by atoms with Gasteiger partial charge in [0.25, 0.3) is 15.9 Å². The zero-order chi connectivity index (χ0) is 23.1. The van der Waals surface area contributed by atoms with Gasteiger partial charge >= 0.3 is 0 Å². The maximum Gasteiger partial charge on any atom is 0.269 e. The minimum Gasteiger partial charge on any atom is -0.493 e. The Kier molecular flexibility index (Phi) is 6.04. The lowest BCUT2D eigenvalue weighted by Crippen LogP contribution is -2.39. The summed E-state index contributed by atoms with van der Waals surface area (Å²) in [6.45, 7) is 7.41. The molecule has 0 saturated carbocycles. The zero-order valence-electron chi connectivity index (χ0n) is 18.9. The molecule has 3 rings (SSSR count). The summed E-state index contributed by atoms with van der Waals surface area (Å²) in [5, 5.41) is 2.86. The molecule has 1 N–H and O–H groups in total. The van der Waals surface area contributed by atoms with Crippen LogP contribution in [0.2, 0.25) is 0 Å². The molecule has 0 saturated heterocycles. The van der Waals surface area contributed by atoms with Gasteiger partial charge in [0.15, 0.2) is 16.4 Å². The molecule has 7 nitrogen and oxygen atoms in total. The van der Waals surface area contributed by atoms with Crippen LogP contribution in [-0.2, 0) is 14.8 Å². The van der Waals surface area contributed by atoms with Crippen molar-refractivity contribution in [2.75, 3.05) is 25.6 Å². The van der Waals surface area contributed by atoms with Gasteiger partial charge in [-0.1, -0.05) is 23.8 Å². The Morgan fingerprint density at radius 3 is 2.26 bits per heavy atom. The van der Waals surface area contributed by atoms with Crippen molar-refractivity contribution in [1.29, 1.82) is 0 Å². The van der Waals surface area contributed by atoms with Crippen LogP contribution >= 0.6 is 0 Å². The molecular weight excluding hydrogens is 416 g/mol. The summed E-state index contributed by atoms with van der Waals surface area (Å²) < 4.78 is 38.3. The van der Waals surface area contributed by atoms with Crippen molar-refractivity contribution in [2.45, 2.75) is 33.7 Å². The minimum atomic E-state index is -4.05. The summed E-state index contributed by atoms with van der Waals surface area (Å²) in [6, 6.07) is 8.91. The van der Waals surface area contributed by atoms with E-state index in [1.54, 1.807) is 19.1 Å². The van der Waals surface area contributed by atoms with Crippen LogP contribution in [0, 0.1) is 13.8 Å². The predicted molar refractivity (Wildman–Crippen MR) is 122 cm³/mol. The number of rotatable bonds is 5. The van der Waals surface area contributed by atoms with Crippen LogP contribution in [0.5, 0.6) is 11.5 Å². The van der Waals surface area contributed by atoms with Gasteiger partial charge in [-0.15, -0.1) is 0 Å². The Hall–Kier alpha value is -3.00. The van der Waals surface area contributed by atoms with Crippen LogP contribution in [-0.4, -0.2) is 35.6 Å². The normalized spacial score (nSPS) is 15.9. The number of anilines is 1. The third-order valence-electron chi connectivity index (χ3n) is 5.66. The fraction of sp³-hybridized carbons (Fsp3) is 0.348. The maximum atomic E-state index is 13.3. The van der Waals surface area contributed by atoms with Crippen molar-refractivity contribution in [2.24, 2.45) is 0 Å². The number of carbonyl (C=O) groups excluding carboxylic acids is 1. The molecule has 0 radical (unpaired) electrons. The summed E-state index contributed by atoms with van der Waals surface area (Å²) in [5.41, 5.74) is 4.42. The number of nitrogens with zero attached hydrogens (tertiary/aromatic N) is 1. The summed E-state index contributed by atoms with van der Waals surface area (Å²) in [7, 11) is 0.364. The van der Waals surface area contributed by atoms with Gasteiger partial charge in [0.05, 0.1) is 25.9 Å². The lowest BCUT2D eigenvalue weighted by atomic mass is 9.99. The van der Waals surface area contributed by atoms with Gasteiger partial charge in [-0.25, -0.2) is 8.42 Å². The smallest absolute Gasteiger partial charge is 0.269 e. The molecule has 1 aliphatic heterocycles. The predicted octanol–water partition coefficient (Wildman–Crippen LogP) is 3.71. The van der Waals surface area contributed by atoms with E-state index >= 15 is 0 Å². The van der Waals surface area contributed by atoms with E-state index < -0.39 is 15.9 Å². The van der Waals surface area contributed by atoms with Crippen molar-refractivity contribution in [3.05, 3.63) is 57.5 Å². The van der Waals surface area contributed by atoms with Gasteiger partial charge in [-0.05, 0) is 50.5 Å². The standard InChI is InChI=1S/C23H28N2O5S/c1-13-8-9-14(2)17(10-13)16(4)24-23(26)22-15(3)18-11-20(29-6)21(30-7)12-19(18)25(5)31(22,27)28/h8-12,16H,1-7H3,(H,24,26). The molecule has 0 aliphatic carbocycles. The van der Waals surface area contributed by atoms with Crippen LogP contribution in [0.15, 0.2) is 35.2 Å². The van der Waals surface area contributed by atoms with Crippen LogP contribution in [0.1, 0.15) is 42.1 Å². The number of benzene rings is 2. The molecule has 0 fully saturated rings. The molecule has 0 aromatic heterocycles. The quantitative estimate of drug-likeness (QED) is 0.760. The number of fused-ring (bicyclic) bond motifs is 1. The third kappa shape index (κ3) is 3.87. The highest BCUT2D eigenvalue weighted by Crippen LogP contribution is 2.44. The van der Waals surface area contributed by atoms with E-state index in [1.807, 2.05) is 39.0 Å². The van der Waals surface area contributed by atoms with Gasteiger partial charge in [0.1, 0.15) is 0 Å². The first-order valence-electron chi connectivity index (χ1n) is 9.87. The molecule has 1 amide bonds. The molecule has 8 heteroatoms. The number of carbonyl (C=O) groups is 1. The molecule has 1 atom stereocenters. The number of hydrogen-bond donors (Lipinski definition) is 1. The lowest BCUT2D eigenvalue weighted by molar-refractivity contribution is -0.117. The lowest BCUT2D eigenvalue weighted by Gasteiger charge is -2.31. The topological polar surface area (TPSA) is 84.9 Å². The SMILES string of the molecule is COc1cc2c(cc1OC)N(C)S(=O)(=O)C(C(=O)NC(C)c1cc(C)ccc1C)=C2C. The van der Waals surface area contributed by atoms with Gasteiger partial charge in [-0.3, -0.25) is 9.10 Å². The maximum absolute atomic E-state index is 13.3. The number of methoxy groups -OCH3 is 2. The van der Waals surface area contributed by atoms with Crippen LogP contribution in [0.3, 0.4) is 0 Å². The summed E-state index contributed by atoms with van der Waals surface area (Å²) in [6.07, 6.45) is 0. The van der Waals surface area contributed by atoms with E-state index in [0.717, 1.165) is 21.0 Å². The Morgan fingerprint density at radius 1 is 1.03 bits per heavy atom. The fourth-order valence-corrected chi connectivity index (χ4v) is 5.34. The number of aryl methyl sites for hydroxylation is 2. The second-order valence-electron chi connectivity index (χ2n) is 7.71. The van der Waals surface area contributed by atoms with Crippen LogP contribution < -0.4 is 19.1 Å². The third-order valence-corrected chi connectivity index (χ3v) is 7.58. The first kappa shape index (κ1) is 22.7. The average Bonchev–Trinajstić information content (AvgIpc) is 2.72. The molecule has 1 unspecified atom stereocenters. The largest absolute Gasteiger partial charge is 0.493 e. The van der Waals surface area contributed by atoms with Crippen molar-refractivity contribution in [1.82, 2.24) is 5.32 Å². The second kappa shape index (κ2) is 8.26. The Bertz CT molecular complexity index is 1180. The number of ether oxygens (including phenoxy) is 2. The Labute approximate surface area is 183 Å². The van der Waals surface area contributed by atoms with E-state index in [1.165, 1.54) is 21.3 Å². The summed E-state index contributed by atoms with van der Waals surface area (Å²) in [4.78, 5) is 12.9. The molecule has 31 heavy (non-hydrogen) atoms. The van der Waals surface area contributed by atoms with Gasteiger partial charge in [0, 0.05) is 18.7 Å². The molecule has 1 aliphatic rings. The average molecular weight is 445 g/mol. The number of hydrogen-bond acceptors (Lipinski definition) is 5. The highest BCUT2D eigenvalue weighted by Gasteiger charge is 2.38. The van der Waals surface area contributed by atoms with E-state index in [2.05, 4.69) is 5.32 Å². The van der Waals surface area contributed by atoms with Crippen molar-refractivity contribution in [3.63, 3.8) is 0 Å².